The Bertz CT molecular complexity index is 577. The highest BCUT2D eigenvalue weighted by molar-refractivity contribution is 5.97. The molecule has 0 bridgehead atoms. The molecule has 0 aliphatic rings. The van der Waals surface area contributed by atoms with Crippen LogP contribution in [0.4, 0.5) is 0 Å². The van der Waals surface area contributed by atoms with Crippen molar-refractivity contribution >= 4 is 16.8 Å². The van der Waals surface area contributed by atoms with Crippen LogP contribution in [0.5, 0.6) is 11.5 Å². The highest BCUT2D eigenvalue weighted by atomic mass is 16.5. The Morgan fingerprint density at radius 1 is 1.39 bits per heavy atom. The Kier molecular flexibility index (Phi) is 3.38. The van der Waals surface area contributed by atoms with E-state index < -0.39 is 5.91 Å². The molecule has 0 spiro atoms. The first-order valence-electron chi connectivity index (χ1n) is 5.40. The van der Waals surface area contributed by atoms with Crippen LogP contribution in [-0.2, 0) is 0 Å². The number of aromatic nitrogens is 1. The summed E-state index contributed by atoms with van der Waals surface area (Å²) >= 11 is 0. The minimum Gasteiger partial charge on any atom is -0.493 e. The number of H-pyrrole nitrogens is 1. The van der Waals surface area contributed by atoms with Gasteiger partial charge in [-0.05, 0) is 12.1 Å². The summed E-state index contributed by atoms with van der Waals surface area (Å²) in [5.41, 5.74) is 6.26. The van der Waals surface area contributed by atoms with E-state index >= 15 is 0 Å². The molecule has 6 heteroatoms. The molecule has 18 heavy (non-hydrogen) atoms. The van der Waals surface area contributed by atoms with Gasteiger partial charge in [-0.3, -0.25) is 4.79 Å². The van der Waals surface area contributed by atoms with Crippen LogP contribution in [0.3, 0.4) is 0 Å². The number of carbonyl (C=O) groups excluding carboxylic acids is 1. The highest BCUT2D eigenvalue weighted by Crippen LogP contribution is 2.32. The van der Waals surface area contributed by atoms with E-state index in [2.05, 4.69) is 4.98 Å². The third kappa shape index (κ3) is 2.23. The molecule has 4 N–H and O–H groups in total. The van der Waals surface area contributed by atoms with Crippen molar-refractivity contribution in [3.05, 3.63) is 23.9 Å². The van der Waals surface area contributed by atoms with Crippen molar-refractivity contribution in [1.29, 1.82) is 0 Å². The largest absolute Gasteiger partial charge is 0.493 e. The van der Waals surface area contributed by atoms with E-state index in [-0.39, 0.29) is 13.2 Å². The number of hydrogen-bond acceptors (Lipinski definition) is 4. The number of aliphatic hydroxyl groups excluding tert-OH is 1. The quantitative estimate of drug-likeness (QED) is 0.725. The summed E-state index contributed by atoms with van der Waals surface area (Å²) < 4.78 is 10.5. The first-order chi connectivity index (χ1) is 8.65. The number of hydrogen-bond donors (Lipinski definition) is 3. The van der Waals surface area contributed by atoms with Crippen LogP contribution in [0, 0.1) is 0 Å². The molecular weight excluding hydrogens is 236 g/mol. The molecule has 1 heterocycles. The van der Waals surface area contributed by atoms with Gasteiger partial charge in [-0.1, -0.05) is 0 Å². The maximum atomic E-state index is 11.1. The number of ether oxygens (including phenoxy) is 2. The first kappa shape index (κ1) is 12.3. The average Bonchev–Trinajstić information content (AvgIpc) is 2.77. The third-order valence-electron chi connectivity index (χ3n) is 2.52. The summed E-state index contributed by atoms with van der Waals surface area (Å²) in [5, 5.41) is 9.54. The van der Waals surface area contributed by atoms with Gasteiger partial charge in [0.2, 0.25) is 0 Å². The lowest BCUT2D eigenvalue weighted by Crippen LogP contribution is -2.10. The molecule has 0 fully saturated rings. The molecule has 1 aromatic carbocycles. The Balaban J connectivity index is 2.47. The predicted molar refractivity (Wildman–Crippen MR) is 65.9 cm³/mol. The summed E-state index contributed by atoms with van der Waals surface area (Å²) in [5.74, 6) is 0.505. The van der Waals surface area contributed by atoms with Gasteiger partial charge in [0.1, 0.15) is 12.3 Å². The topological polar surface area (TPSA) is 97.6 Å². The Morgan fingerprint density at radius 2 is 2.17 bits per heavy atom. The molecule has 0 saturated carbocycles. The zero-order valence-corrected chi connectivity index (χ0v) is 9.90. The van der Waals surface area contributed by atoms with Gasteiger partial charge in [0.15, 0.2) is 11.5 Å². The third-order valence-corrected chi connectivity index (χ3v) is 2.52. The SMILES string of the molecule is COc1cc2[nH]c(C(N)=O)cc2cc1OCCO. The first-order valence-corrected chi connectivity index (χ1v) is 5.40. The van der Waals surface area contributed by atoms with E-state index in [9.17, 15) is 4.79 Å². The number of rotatable bonds is 5. The van der Waals surface area contributed by atoms with Gasteiger partial charge in [0.05, 0.1) is 13.7 Å². The molecule has 0 unspecified atom stereocenters. The predicted octanol–water partition coefficient (Wildman–Crippen LogP) is 0.646. The summed E-state index contributed by atoms with van der Waals surface area (Å²) in [4.78, 5) is 14.0. The van der Waals surface area contributed by atoms with Gasteiger partial charge in [-0.15, -0.1) is 0 Å². The summed E-state index contributed by atoms with van der Waals surface area (Å²) in [6.45, 7) is 0.0931. The zero-order chi connectivity index (χ0) is 13.1. The Morgan fingerprint density at radius 3 is 2.78 bits per heavy atom. The van der Waals surface area contributed by atoms with E-state index in [1.165, 1.54) is 7.11 Å². The van der Waals surface area contributed by atoms with Crippen LogP contribution < -0.4 is 15.2 Å². The monoisotopic (exact) mass is 250 g/mol. The number of aliphatic hydroxyl groups is 1. The van der Waals surface area contributed by atoms with Crippen molar-refractivity contribution in [2.45, 2.75) is 0 Å². The van der Waals surface area contributed by atoms with E-state index in [1.807, 2.05) is 0 Å². The van der Waals surface area contributed by atoms with Crippen molar-refractivity contribution in [2.75, 3.05) is 20.3 Å². The number of aromatic amines is 1. The van der Waals surface area contributed by atoms with Crippen molar-refractivity contribution in [3.63, 3.8) is 0 Å². The minimum atomic E-state index is -0.525. The lowest BCUT2D eigenvalue weighted by atomic mass is 10.2. The molecule has 2 rings (SSSR count). The van der Waals surface area contributed by atoms with Crippen molar-refractivity contribution in [1.82, 2.24) is 4.98 Å². The van der Waals surface area contributed by atoms with Gasteiger partial charge in [0, 0.05) is 17.0 Å². The number of carbonyl (C=O) groups is 1. The summed E-state index contributed by atoms with van der Waals surface area (Å²) in [6.07, 6.45) is 0. The van der Waals surface area contributed by atoms with Gasteiger partial charge >= 0.3 is 0 Å². The fraction of sp³-hybridized carbons (Fsp3) is 0.250. The molecule has 0 radical (unpaired) electrons. The fourth-order valence-electron chi connectivity index (χ4n) is 1.70. The fourth-order valence-corrected chi connectivity index (χ4v) is 1.70. The average molecular weight is 250 g/mol. The number of fused-ring (bicyclic) bond motifs is 1. The number of methoxy groups -OCH3 is 1. The number of benzene rings is 1. The number of primary amides is 1. The molecule has 6 nitrogen and oxygen atoms in total. The second-order valence-electron chi connectivity index (χ2n) is 3.71. The lowest BCUT2D eigenvalue weighted by molar-refractivity contribution is 0.0996. The normalized spacial score (nSPS) is 10.6. The van der Waals surface area contributed by atoms with Crippen molar-refractivity contribution in [2.24, 2.45) is 5.73 Å². The molecule has 1 aromatic heterocycles. The van der Waals surface area contributed by atoms with E-state index in [0.29, 0.717) is 17.2 Å². The Labute approximate surface area is 103 Å². The molecule has 2 aromatic rings. The molecule has 0 aliphatic heterocycles. The van der Waals surface area contributed by atoms with Crippen LogP contribution in [0.2, 0.25) is 0 Å². The second-order valence-corrected chi connectivity index (χ2v) is 3.71. The molecule has 96 valence electrons. The molecule has 1 amide bonds. The van der Waals surface area contributed by atoms with Gasteiger partial charge < -0.3 is 25.3 Å². The highest BCUT2D eigenvalue weighted by Gasteiger charge is 2.11. The second kappa shape index (κ2) is 4.97. The lowest BCUT2D eigenvalue weighted by Gasteiger charge is -2.09. The van der Waals surface area contributed by atoms with E-state index in [1.54, 1.807) is 18.2 Å². The van der Waals surface area contributed by atoms with Crippen LogP contribution in [0.1, 0.15) is 10.5 Å². The van der Waals surface area contributed by atoms with Crippen LogP contribution >= 0.6 is 0 Å². The van der Waals surface area contributed by atoms with Crippen LogP contribution in [0.15, 0.2) is 18.2 Å². The zero-order valence-electron chi connectivity index (χ0n) is 9.90. The summed E-state index contributed by atoms with van der Waals surface area (Å²) in [6, 6.07) is 5.09. The number of nitrogens with two attached hydrogens (primary N) is 1. The van der Waals surface area contributed by atoms with Gasteiger partial charge in [0.25, 0.3) is 5.91 Å². The number of amides is 1. The van der Waals surface area contributed by atoms with Crippen molar-refractivity contribution in [3.8, 4) is 11.5 Å². The maximum Gasteiger partial charge on any atom is 0.265 e. The Hall–Kier alpha value is -2.21. The maximum absolute atomic E-state index is 11.1. The summed E-state index contributed by atoms with van der Waals surface area (Å²) in [7, 11) is 1.52. The number of nitrogens with one attached hydrogen (secondary N) is 1. The standard InChI is InChI=1S/C12H14N2O4/c1-17-10-6-8-7(4-9(14-8)12(13)16)5-11(10)18-3-2-15/h4-6,14-15H,2-3H2,1H3,(H2,13,16). The van der Waals surface area contributed by atoms with E-state index in [0.717, 1.165) is 10.9 Å². The molecule has 0 aliphatic carbocycles. The smallest absolute Gasteiger partial charge is 0.265 e. The molecular formula is C12H14N2O4. The molecule has 0 atom stereocenters. The van der Waals surface area contributed by atoms with Crippen molar-refractivity contribution < 1.29 is 19.4 Å². The minimum absolute atomic E-state index is 0.0825. The molecule has 0 saturated heterocycles. The van der Waals surface area contributed by atoms with Crippen LogP contribution in [0.25, 0.3) is 10.9 Å². The van der Waals surface area contributed by atoms with Gasteiger partial charge in [-0.25, -0.2) is 0 Å². The van der Waals surface area contributed by atoms with Gasteiger partial charge in [-0.2, -0.15) is 0 Å². The van der Waals surface area contributed by atoms with Crippen LogP contribution in [-0.4, -0.2) is 36.3 Å². The van der Waals surface area contributed by atoms with E-state index in [4.69, 9.17) is 20.3 Å².